The van der Waals surface area contributed by atoms with Gasteiger partial charge in [0.1, 0.15) is 5.75 Å². The van der Waals surface area contributed by atoms with Crippen LogP contribution in [0.4, 0.5) is 0 Å². The van der Waals surface area contributed by atoms with Gasteiger partial charge in [-0.25, -0.2) is 4.98 Å². The number of hydrogen-bond donors (Lipinski definition) is 2. The molecule has 5 rings (SSSR count). The Labute approximate surface area is 235 Å². The molecule has 0 aliphatic carbocycles. The number of carbonyl (C=O) groups excluding carboxylic acids is 3. The third-order valence-corrected chi connectivity index (χ3v) is 6.82. The molecule has 4 heterocycles. The predicted octanol–water partition coefficient (Wildman–Crippen LogP) is 3.60. The van der Waals surface area contributed by atoms with Crippen LogP contribution in [0.15, 0.2) is 59.5 Å². The van der Waals surface area contributed by atoms with Gasteiger partial charge in [-0.2, -0.15) is 0 Å². The summed E-state index contributed by atoms with van der Waals surface area (Å²) in [6.45, 7) is 1.29. The maximum atomic E-state index is 12.9. The number of hydrogen-bond acceptors (Lipinski definition) is 7. The number of aliphatic imine (C=N–C) groups is 1. The van der Waals surface area contributed by atoms with Crippen LogP contribution in [-0.4, -0.2) is 87.9 Å². The van der Waals surface area contributed by atoms with E-state index in [1.54, 1.807) is 29.4 Å². The van der Waals surface area contributed by atoms with Crippen molar-refractivity contribution in [3.8, 4) is 5.75 Å². The molecule has 208 valence electrons. The van der Waals surface area contributed by atoms with E-state index in [0.29, 0.717) is 41.7 Å². The molecule has 2 aliphatic heterocycles. The SMILES string of the molecule is COc1cnc(Cl)c2[nH]cc(C(=O)C(=O)N3CCN(C(=O)c4ccccc4)CC3)c12.O=C(O)CCC1=CN=CC1. The lowest BCUT2D eigenvalue weighted by molar-refractivity contribution is -0.137. The van der Waals surface area contributed by atoms with E-state index >= 15 is 0 Å². The van der Waals surface area contributed by atoms with Gasteiger partial charge in [0, 0.05) is 63.2 Å². The van der Waals surface area contributed by atoms with Crippen LogP contribution in [0.3, 0.4) is 0 Å². The van der Waals surface area contributed by atoms with Crippen molar-refractivity contribution in [2.24, 2.45) is 4.99 Å². The summed E-state index contributed by atoms with van der Waals surface area (Å²) in [7, 11) is 1.45. The molecule has 0 unspecified atom stereocenters. The van der Waals surface area contributed by atoms with E-state index in [4.69, 9.17) is 21.4 Å². The smallest absolute Gasteiger partial charge is 0.303 e. The number of rotatable bonds is 7. The van der Waals surface area contributed by atoms with E-state index in [1.807, 2.05) is 18.2 Å². The van der Waals surface area contributed by atoms with Crippen LogP contribution in [-0.2, 0) is 9.59 Å². The van der Waals surface area contributed by atoms with Gasteiger partial charge < -0.3 is 24.6 Å². The highest BCUT2D eigenvalue weighted by Gasteiger charge is 2.31. The summed E-state index contributed by atoms with van der Waals surface area (Å²) in [5, 5.41) is 8.92. The first kappa shape index (κ1) is 28.5. The van der Waals surface area contributed by atoms with Gasteiger partial charge in [-0.1, -0.05) is 29.8 Å². The Morgan fingerprint density at radius 1 is 1.07 bits per heavy atom. The third kappa shape index (κ3) is 6.55. The summed E-state index contributed by atoms with van der Waals surface area (Å²) in [5.74, 6) is -1.77. The Bertz CT molecular complexity index is 1480. The molecule has 11 nitrogen and oxygen atoms in total. The number of halogens is 1. The molecule has 1 aromatic carbocycles. The topological polar surface area (TPSA) is 145 Å². The molecule has 2 aromatic heterocycles. The largest absolute Gasteiger partial charge is 0.494 e. The number of pyridine rings is 1. The van der Waals surface area contributed by atoms with Crippen LogP contribution in [0, 0.1) is 0 Å². The second-order valence-corrected chi connectivity index (χ2v) is 9.42. The molecule has 2 aliphatic rings. The number of fused-ring (bicyclic) bond motifs is 1. The number of nitrogens with zero attached hydrogens (tertiary/aromatic N) is 4. The van der Waals surface area contributed by atoms with Crippen molar-refractivity contribution in [2.45, 2.75) is 19.3 Å². The highest BCUT2D eigenvalue weighted by molar-refractivity contribution is 6.45. The van der Waals surface area contributed by atoms with Crippen LogP contribution in [0.25, 0.3) is 10.9 Å². The van der Waals surface area contributed by atoms with Crippen molar-refractivity contribution in [1.82, 2.24) is 19.8 Å². The number of allylic oxidation sites excluding steroid dienone is 1. The highest BCUT2D eigenvalue weighted by atomic mass is 35.5. The molecule has 0 spiro atoms. The summed E-state index contributed by atoms with van der Waals surface area (Å²) >= 11 is 6.09. The first-order valence-corrected chi connectivity index (χ1v) is 13.0. The van der Waals surface area contributed by atoms with Crippen LogP contribution >= 0.6 is 11.6 Å². The van der Waals surface area contributed by atoms with Crippen molar-refractivity contribution in [1.29, 1.82) is 0 Å². The van der Waals surface area contributed by atoms with E-state index in [9.17, 15) is 19.2 Å². The fraction of sp³-hybridized carbons (Fsp3) is 0.286. The van der Waals surface area contributed by atoms with Crippen LogP contribution in [0.2, 0.25) is 5.15 Å². The number of benzene rings is 1. The highest BCUT2D eigenvalue weighted by Crippen LogP contribution is 2.32. The summed E-state index contributed by atoms with van der Waals surface area (Å²) in [6, 6.07) is 8.98. The maximum Gasteiger partial charge on any atom is 0.303 e. The Morgan fingerprint density at radius 3 is 2.40 bits per heavy atom. The zero-order valence-corrected chi connectivity index (χ0v) is 22.6. The summed E-state index contributed by atoms with van der Waals surface area (Å²) in [6.07, 6.45) is 8.06. The fourth-order valence-electron chi connectivity index (χ4n) is 4.37. The number of H-pyrrole nitrogens is 1. The normalized spacial score (nSPS) is 14.4. The van der Waals surface area contributed by atoms with Gasteiger partial charge in [-0.3, -0.25) is 24.2 Å². The van der Waals surface area contributed by atoms with Crippen LogP contribution in [0.1, 0.15) is 40.0 Å². The number of aromatic nitrogens is 2. The van der Waals surface area contributed by atoms with Crippen LogP contribution < -0.4 is 4.74 Å². The molecular weight excluding hydrogens is 538 g/mol. The average Bonchev–Trinajstić information content (AvgIpc) is 3.67. The van der Waals surface area contributed by atoms with Crippen molar-refractivity contribution in [2.75, 3.05) is 33.3 Å². The zero-order valence-electron chi connectivity index (χ0n) is 21.8. The standard InChI is InChI=1S/C21H19ClN4O4.C7H9NO2/c1-30-15-12-24-19(22)17-16(15)14(11-23-17)18(27)21(29)26-9-7-25(8-10-26)20(28)13-5-3-2-4-6-13;9-7(10)2-1-6-3-4-8-5-6/h2-6,11-12,23H,7-10H2,1H3;4-5H,1-3H2,(H,9,10). The molecule has 0 radical (unpaired) electrons. The molecular formula is C28H28ClN5O6. The molecule has 12 heteroatoms. The van der Waals surface area contributed by atoms with Crippen LogP contribution in [0.5, 0.6) is 5.75 Å². The molecule has 2 N–H and O–H groups in total. The summed E-state index contributed by atoms with van der Waals surface area (Å²) in [5.41, 5.74) is 2.33. The number of Topliss-reactive ketones (excluding diaryl/α,β-unsaturated/α-hetero) is 1. The lowest BCUT2D eigenvalue weighted by Crippen LogP contribution is -2.52. The zero-order chi connectivity index (χ0) is 28.6. The van der Waals surface area contributed by atoms with E-state index in [-0.39, 0.29) is 36.1 Å². The van der Waals surface area contributed by atoms with Gasteiger partial charge in [0.05, 0.1) is 29.8 Å². The van der Waals surface area contributed by atoms with E-state index < -0.39 is 17.7 Å². The van der Waals surface area contributed by atoms with Gasteiger partial charge in [-0.15, -0.1) is 0 Å². The molecule has 0 saturated carbocycles. The summed E-state index contributed by atoms with van der Waals surface area (Å²) in [4.78, 5) is 62.3. The molecule has 40 heavy (non-hydrogen) atoms. The predicted molar refractivity (Wildman–Crippen MR) is 149 cm³/mol. The number of amides is 2. The molecule has 0 atom stereocenters. The summed E-state index contributed by atoms with van der Waals surface area (Å²) < 4.78 is 5.28. The first-order chi connectivity index (χ1) is 19.3. The van der Waals surface area contributed by atoms with Crippen molar-refractivity contribution >= 4 is 52.3 Å². The van der Waals surface area contributed by atoms with Crippen molar-refractivity contribution < 1.29 is 29.0 Å². The second kappa shape index (κ2) is 13.0. The number of carboxylic acids is 1. The van der Waals surface area contributed by atoms with Gasteiger partial charge >= 0.3 is 5.97 Å². The molecule has 1 fully saturated rings. The number of nitrogens with one attached hydrogen (secondary N) is 1. The number of carboxylic acid groups (broad SMARTS) is 1. The third-order valence-electron chi connectivity index (χ3n) is 6.54. The number of piperazine rings is 1. The first-order valence-electron chi connectivity index (χ1n) is 12.6. The number of aliphatic carboxylic acids is 1. The van der Waals surface area contributed by atoms with E-state index in [2.05, 4.69) is 15.0 Å². The van der Waals surface area contributed by atoms with Crippen molar-refractivity contribution in [3.63, 3.8) is 0 Å². The number of carbonyl (C=O) groups is 4. The monoisotopic (exact) mass is 565 g/mol. The lowest BCUT2D eigenvalue weighted by Gasteiger charge is -2.34. The molecule has 3 aromatic rings. The maximum absolute atomic E-state index is 12.9. The number of aromatic amines is 1. The van der Waals surface area contributed by atoms with Crippen molar-refractivity contribution in [3.05, 3.63) is 70.8 Å². The Hall–Kier alpha value is -4.51. The Morgan fingerprint density at radius 2 is 1.77 bits per heavy atom. The van der Waals surface area contributed by atoms with Gasteiger partial charge in [0.15, 0.2) is 5.15 Å². The Balaban J connectivity index is 0.000000312. The number of methoxy groups -OCH3 is 1. The lowest BCUT2D eigenvalue weighted by atomic mass is 10.1. The minimum Gasteiger partial charge on any atom is -0.494 e. The minimum absolute atomic E-state index is 0.0856. The second-order valence-electron chi connectivity index (χ2n) is 9.07. The van der Waals surface area contributed by atoms with Gasteiger partial charge in [-0.05, 0) is 24.1 Å². The minimum atomic E-state index is -0.743. The van der Waals surface area contributed by atoms with E-state index in [1.165, 1.54) is 24.4 Å². The molecule has 2 amide bonds. The molecule has 1 saturated heterocycles. The Kier molecular flexibility index (Phi) is 9.28. The van der Waals surface area contributed by atoms with E-state index in [0.717, 1.165) is 12.0 Å². The number of ketones is 1. The van der Waals surface area contributed by atoms with Gasteiger partial charge in [0.2, 0.25) is 0 Å². The quantitative estimate of drug-likeness (QED) is 0.253. The molecule has 0 bridgehead atoms. The fourth-order valence-corrected chi connectivity index (χ4v) is 4.57. The van der Waals surface area contributed by atoms with Gasteiger partial charge in [0.25, 0.3) is 17.6 Å². The number of ether oxygens (including phenoxy) is 1. The average molecular weight is 566 g/mol.